The lowest BCUT2D eigenvalue weighted by Crippen LogP contribution is -2.02. The predicted octanol–water partition coefficient (Wildman–Crippen LogP) is 4.35. The topological polar surface area (TPSA) is 31.2 Å². The molecule has 1 radical (unpaired) electrons. The highest BCUT2D eigenvalue weighted by Gasteiger charge is 2.08. The summed E-state index contributed by atoms with van der Waals surface area (Å²) in [5, 5.41) is 4.52. The van der Waals surface area contributed by atoms with Crippen LogP contribution >= 0.6 is 0 Å². The molecular formula is C20H16NO. The van der Waals surface area contributed by atoms with Gasteiger partial charge in [0.25, 0.3) is 0 Å². The van der Waals surface area contributed by atoms with E-state index in [-0.39, 0.29) is 5.78 Å². The van der Waals surface area contributed by atoms with Crippen molar-refractivity contribution in [2.24, 2.45) is 0 Å². The number of para-hydroxylation sites is 1. The minimum absolute atomic E-state index is 0.0483. The molecule has 0 spiro atoms. The lowest BCUT2D eigenvalue weighted by molar-refractivity contribution is 0.103. The Kier molecular flexibility index (Phi) is 4.30. The van der Waals surface area contributed by atoms with Crippen molar-refractivity contribution >= 4 is 11.5 Å². The van der Waals surface area contributed by atoms with Gasteiger partial charge >= 0.3 is 0 Å². The number of benzene rings is 3. The van der Waals surface area contributed by atoms with Crippen LogP contribution in [-0.2, 0) is 6.54 Å². The first-order valence-corrected chi connectivity index (χ1v) is 7.24. The Hall–Kier alpha value is -2.87. The molecule has 0 heterocycles. The molecule has 0 aliphatic rings. The molecule has 0 saturated carbocycles. The van der Waals surface area contributed by atoms with E-state index >= 15 is 0 Å². The van der Waals surface area contributed by atoms with Gasteiger partial charge in [0.05, 0.1) is 12.2 Å². The molecule has 0 amide bonds. The first kappa shape index (κ1) is 14.1. The Bertz CT molecular complexity index is 734. The molecule has 0 unspecified atom stereocenters. The van der Waals surface area contributed by atoms with Crippen molar-refractivity contribution in [2.75, 3.05) is 0 Å². The SMILES string of the molecule is O=C(c1ccccc1)c1ccc(C[N]c2ccccc2)cc1. The Labute approximate surface area is 130 Å². The molecule has 3 rings (SSSR count). The Morgan fingerprint density at radius 1 is 0.682 bits per heavy atom. The summed E-state index contributed by atoms with van der Waals surface area (Å²) in [6, 6.07) is 26.9. The molecule has 0 fully saturated rings. The molecule has 0 aromatic heterocycles. The zero-order valence-corrected chi connectivity index (χ0v) is 12.1. The molecule has 3 aromatic carbocycles. The molecule has 0 bridgehead atoms. The van der Waals surface area contributed by atoms with Crippen LogP contribution in [0.5, 0.6) is 0 Å². The summed E-state index contributed by atoms with van der Waals surface area (Å²) < 4.78 is 0. The third-order valence-electron chi connectivity index (χ3n) is 3.45. The lowest BCUT2D eigenvalue weighted by Gasteiger charge is -2.05. The van der Waals surface area contributed by atoms with E-state index in [1.807, 2.05) is 84.9 Å². The summed E-state index contributed by atoms with van der Waals surface area (Å²) in [4.78, 5) is 12.3. The molecular weight excluding hydrogens is 270 g/mol. The van der Waals surface area contributed by atoms with Crippen LogP contribution in [0.15, 0.2) is 84.9 Å². The van der Waals surface area contributed by atoms with Gasteiger partial charge in [0.2, 0.25) is 0 Å². The highest BCUT2D eigenvalue weighted by molar-refractivity contribution is 6.08. The van der Waals surface area contributed by atoms with Crippen molar-refractivity contribution in [3.05, 3.63) is 102 Å². The van der Waals surface area contributed by atoms with Crippen LogP contribution < -0.4 is 5.32 Å². The van der Waals surface area contributed by atoms with Crippen LogP contribution in [0.4, 0.5) is 5.69 Å². The van der Waals surface area contributed by atoms with E-state index in [0.29, 0.717) is 17.7 Å². The maximum Gasteiger partial charge on any atom is 0.193 e. The third-order valence-corrected chi connectivity index (χ3v) is 3.45. The van der Waals surface area contributed by atoms with Crippen molar-refractivity contribution in [2.45, 2.75) is 6.54 Å². The van der Waals surface area contributed by atoms with Crippen LogP contribution in [0.1, 0.15) is 21.5 Å². The summed E-state index contributed by atoms with van der Waals surface area (Å²) in [5.74, 6) is 0.0483. The van der Waals surface area contributed by atoms with Gasteiger partial charge in [-0.2, -0.15) is 0 Å². The second kappa shape index (κ2) is 6.72. The Morgan fingerprint density at radius 2 is 1.23 bits per heavy atom. The number of ketones is 1. The number of rotatable bonds is 5. The summed E-state index contributed by atoms with van der Waals surface area (Å²) in [6.07, 6.45) is 0. The molecule has 0 saturated heterocycles. The molecule has 0 atom stereocenters. The van der Waals surface area contributed by atoms with Crippen LogP contribution in [0.3, 0.4) is 0 Å². The van der Waals surface area contributed by atoms with Crippen molar-refractivity contribution in [1.82, 2.24) is 5.32 Å². The fraction of sp³-hybridized carbons (Fsp3) is 0.0500. The Morgan fingerprint density at radius 3 is 1.86 bits per heavy atom. The van der Waals surface area contributed by atoms with E-state index in [2.05, 4.69) is 5.32 Å². The fourth-order valence-corrected chi connectivity index (χ4v) is 2.23. The maximum absolute atomic E-state index is 12.3. The highest BCUT2D eigenvalue weighted by atomic mass is 16.1. The number of nitrogens with zero attached hydrogens (tertiary/aromatic N) is 1. The average Bonchev–Trinajstić information content (AvgIpc) is 2.61. The summed E-state index contributed by atoms with van der Waals surface area (Å²) >= 11 is 0. The van der Waals surface area contributed by atoms with E-state index in [9.17, 15) is 4.79 Å². The zero-order valence-electron chi connectivity index (χ0n) is 12.1. The molecule has 0 N–H and O–H groups in total. The summed E-state index contributed by atoms with van der Waals surface area (Å²) in [5.41, 5.74) is 3.47. The largest absolute Gasteiger partial charge is 0.289 e. The molecule has 107 valence electrons. The predicted molar refractivity (Wildman–Crippen MR) is 88.3 cm³/mol. The summed E-state index contributed by atoms with van der Waals surface area (Å²) in [7, 11) is 0. The van der Waals surface area contributed by atoms with Crippen LogP contribution in [0.25, 0.3) is 0 Å². The van der Waals surface area contributed by atoms with Gasteiger partial charge in [-0.25, -0.2) is 0 Å². The van der Waals surface area contributed by atoms with E-state index in [1.54, 1.807) is 0 Å². The highest BCUT2D eigenvalue weighted by Crippen LogP contribution is 2.13. The van der Waals surface area contributed by atoms with Gasteiger partial charge in [-0.05, 0) is 17.7 Å². The van der Waals surface area contributed by atoms with Gasteiger partial charge < -0.3 is 0 Å². The number of carbonyl (C=O) groups is 1. The lowest BCUT2D eigenvalue weighted by atomic mass is 10.0. The number of carbonyl (C=O) groups excluding carboxylic acids is 1. The molecule has 22 heavy (non-hydrogen) atoms. The van der Waals surface area contributed by atoms with Gasteiger partial charge in [0.1, 0.15) is 0 Å². The first-order valence-electron chi connectivity index (χ1n) is 7.24. The van der Waals surface area contributed by atoms with E-state index in [0.717, 1.165) is 11.3 Å². The molecule has 2 heteroatoms. The van der Waals surface area contributed by atoms with Gasteiger partial charge in [-0.1, -0.05) is 72.8 Å². The second-order valence-corrected chi connectivity index (χ2v) is 5.04. The fourth-order valence-electron chi connectivity index (χ4n) is 2.23. The van der Waals surface area contributed by atoms with Gasteiger partial charge in [0.15, 0.2) is 5.78 Å². The van der Waals surface area contributed by atoms with Crippen molar-refractivity contribution in [1.29, 1.82) is 0 Å². The third kappa shape index (κ3) is 3.41. The number of hydrogen-bond donors (Lipinski definition) is 0. The van der Waals surface area contributed by atoms with Crippen molar-refractivity contribution < 1.29 is 4.79 Å². The average molecular weight is 286 g/mol. The van der Waals surface area contributed by atoms with Gasteiger partial charge in [-0.15, -0.1) is 0 Å². The molecule has 2 nitrogen and oxygen atoms in total. The first-order chi connectivity index (χ1) is 10.8. The van der Waals surface area contributed by atoms with Crippen molar-refractivity contribution in [3.63, 3.8) is 0 Å². The summed E-state index contributed by atoms with van der Waals surface area (Å²) in [6.45, 7) is 0.615. The maximum atomic E-state index is 12.3. The standard InChI is InChI=1S/C20H16NO/c22-20(17-7-3-1-4-8-17)18-13-11-16(12-14-18)15-21-19-9-5-2-6-10-19/h1-14H,15H2. The van der Waals surface area contributed by atoms with Crippen LogP contribution in [-0.4, -0.2) is 5.78 Å². The van der Waals surface area contributed by atoms with Gasteiger partial charge in [-0.3, -0.25) is 10.1 Å². The van der Waals surface area contributed by atoms with E-state index < -0.39 is 0 Å². The van der Waals surface area contributed by atoms with Gasteiger partial charge in [0, 0.05) is 11.1 Å². The van der Waals surface area contributed by atoms with Crippen LogP contribution in [0.2, 0.25) is 0 Å². The molecule has 0 aliphatic heterocycles. The minimum Gasteiger partial charge on any atom is -0.289 e. The second-order valence-electron chi connectivity index (χ2n) is 5.04. The Balaban J connectivity index is 1.67. The van der Waals surface area contributed by atoms with E-state index in [4.69, 9.17) is 0 Å². The van der Waals surface area contributed by atoms with Crippen LogP contribution in [0, 0.1) is 0 Å². The number of hydrogen-bond acceptors (Lipinski definition) is 1. The minimum atomic E-state index is 0.0483. The quantitative estimate of drug-likeness (QED) is 0.641. The molecule has 3 aromatic rings. The monoisotopic (exact) mass is 286 g/mol. The molecule has 0 aliphatic carbocycles. The normalized spacial score (nSPS) is 10.2. The van der Waals surface area contributed by atoms with Crippen molar-refractivity contribution in [3.8, 4) is 0 Å². The smallest absolute Gasteiger partial charge is 0.193 e. The zero-order chi connectivity index (χ0) is 15.2. The van der Waals surface area contributed by atoms with E-state index in [1.165, 1.54) is 0 Å².